The van der Waals surface area contributed by atoms with Gasteiger partial charge in [-0.05, 0) is 48.9 Å². The molecule has 1 saturated heterocycles. The first kappa shape index (κ1) is 22.4. The van der Waals surface area contributed by atoms with Crippen molar-refractivity contribution in [3.8, 4) is 0 Å². The van der Waals surface area contributed by atoms with Gasteiger partial charge in [-0.3, -0.25) is 14.4 Å². The first-order valence-electron chi connectivity index (χ1n) is 9.52. The number of anilines is 1. The normalized spacial score (nSPS) is 14.6. The Morgan fingerprint density at radius 2 is 1.94 bits per heavy atom. The van der Waals surface area contributed by atoms with Crippen LogP contribution in [0, 0.1) is 6.92 Å². The molecule has 1 fully saturated rings. The molecule has 0 bridgehead atoms. The molecule has 0 spiro atoms. The molecule has 1 aliphatic rings. The highest BCUT2D eigenvalue weighted by molar-refractivity contribution is 7.89. The van der Waals surface area contributed by atoms with Crippen LogP contribution in [0.4, 0.5) is 5.82 Å². The van der Waals surface area contributed by atoms with E-state index < -0.39 is 21.8 Å². The predicted octanol–water partition coefficient (Wildman–Crippen LogP) is 0.221. The van der Waals surface area contributed by atoms with Crippen LogP contribution in [0.1, 0.15) is 15.9 Å². The summed E-state index contributed by atoms with van der Waals surface area (Å²) in [6, 6.07) is 8.92. The summed E-state index contributed by atoms with van der Waals surface area (Å²) in [5.41, 5.74) is 1.18. The summed E-state index contributed by atoms with van der Waals surface area (Å²) in [7, 11) is -2.36. The second-order valence-electron chi connectivity index (χ2n) is 7.14. The molecule has 164 valence electrons. The standard InChI is InChI=1S/C20H23N5O5S/c1-14-7-8-21-17(11-14)23-19(27)12-24(2)20(28)15-3-5-16(6-4-15)31(29,30)25-10-9-22-18(26)13-25/h3-8,11H,9-10,12-13H2,1-2H3,(H,22,26)(H,21,23,27). The molecule has 0 aliphatic carbocycles. The second kappa shape index (κ2) is 9.23. The Balaban J connectivity index is 1.64. The highest BCUT2D eigenvalue weighted by atomic mass is 32.2. The quantitative estimate of drug-likeness (QED) is 0.655. The van der Waals surface area contributed by atoms with Crippen LogP contribution in [0.2, 0.25) is 0 Å². The highest BCUT2D eigenvalue weighted by Crippen LogP contribution is 2.18. The van der Waals surface area contributed by atoms with E-state index in [0.717, 1.165) is 9.87 Å². The number of likely N-dealkylation sites (N-methyl/N-ethyl adjacent to an activating group) is 1. The SMILES string of the molecule is Cc1ccnc(NC(=O)CN(C)C(=O)c2ccc(S(=O)(=O)N3CCNC(=O)C3)cc2)c1. The van der Waals surface area contributed by atoms with Gasteiger partial charge in [0.1, 0.15) is 5.82 Å². The van der Waals surface area contributed by atoms with Crippen LogP contribution in [-0.4, -0.2) is 73.6 Å². The van der Waals surface area contributed by atoms with Crippen molar-refractivity contribution >= 4 is 33.6 Å². The number of amides is 3. The zero-order chi connectivity index (χ0) is 22.6. The van der Waals surface area contributed by atoms with Crippen LogP contribution < -0.4 is 10.6 Å². The van der Waals surface area contributed by atoms with Crippen molar-refractivity contribution in [3.05, 3.63) is 53.7 Å². The summed E-state index contributed by atoms with van der Waals surface area (Å²) in [6.45, 7) is 1.87. The largest absolute Gasteiger partial charge is 0.354 e. The lowest BCUT2D eigenvalue weighted by atomic mass is 10.2. The maximum absolute atomic E-state index is 12.7. The van der Waals surface area contributed by atoms with Gasteiger partial charge in [-0.1, -0.05) is 0 Å². The summed E-state index contributed by atoms with van der Waals surface area (Å²) >= 11 is 0. The van der Waals surface area contributed by atoms with E-state index in [-0.39, 0.29) is 42.5 Å². The van der Waals surface area contributed by atoms with Gasteiger partial charge < -0.3 is 15.5 Å². The minimum Gasteiger partial charge on any atom is -0.354 e. The van der Waals surface area contributed by atoms with Gasteiger partial charge in [0.2, 0.25) is 21.8 Å². The van der Waals surface area contributed by atoms with E-state index in [2.05, 4.69) is 15.6 Å². The molecule has 2 aromatic rings. The Labute approximate surface area is 180 Å². The van der Waals surface area contributed by atoms with Crippen LogP contribution in [0.5, 0.6) is 0 Å². The fraction of sp³-hybridized carbons (Fsp3) is 0.300. The number of sulfonamides is 1. The highest BCUT2D eigenvalue weighted by Gasteiger charge is 2.29. The molecule has 2 N–H and O–H groups in total. The molecule has 3 rings (SSSR count). The zero-order valence-corrected chi connectivity index (χ0v) is 18.0. The number of nitrogens with one attached hydrogen (secondary N) is 2. The van der Waals surface area contributed by atoms with E-state index in [1.807, 2.05) is 6.92 Å². The van der Waals surface area contributed by atoms with Crippen LogP contribution in [0.3, 0.4) is 0 Å². The van der Waals surface area contributed by atoms with Gasteiger partial charge in [-0.25, -0.2) is 13.4 Å². The molecule has 10 nitrogen and oxygen atoms in total. The monoisotopic (exact) mass is 445 g/mol. The number of hydrogen-bond donors (Lipinski definition) is 2. The molecular weight excluding hydrogens is 422 g/mol. The van der Waals surface area contributed by atoms with Crippen molar-refractivity contribution in [2.75, 3.05) is 38.5 Å². The number of carbonyl (C=O) groups excluding carboxylic acids is 3. The van der Waals surface area contributed by atoms with Gasteiger partial charge in [0.25, 0.3) is 5.91 Å². The van der Waals surface area contributed by atoms with Gasteiger partial charge in [0.05, 0.1) is 18.0 Å². The Kier molecular flexibility index (Phi) is 6.66. The molecule has 31 heavy (non-hydrogen) atoms. The van der Waals surface area contributed by atoms with E-state index in [0.29, 0.717) is 5.82 Å². The molecule has 2 heterocycles. The van der Waals surface area contributed by atoms with Gasteiger partial charge >= 0.3 is 0 Å². The molecule has 1 aromatic carbocycles. The predicted molar refractivity (Wildman–Crippen MR) is 113 cm³/mol. The smallest absolute Gasteiger partial charge is 0.254 e. The lowest BCUT2D eigenvalue weighted by Crippen LogP contribution is -2.49. The van der Waals surface area contributed by atoms with Crippen molar-refractivity contribution < 1.29 is 22.8 Å². The Hall–Kier alpha value is -3.31. The van der Waals surface area contributed by atoms with Gasteiger partial charge in [0.15, 0.2) is 0 Å². The summed E-state index contributed by atoms with van der Waals surface area (Å²) in [4.78, 5) is 41.6. The number of pyridine rings is 1. The van der Waals surface area contributed by atoms with Crippen molar-refractivity contribution in [1.29, 1.82) is 0 Å². The third kappa shape index (κ3) is 5.44. The number of hydrogen-bond acceptors (Lipinski definition) is 6. The second-order valence-corrected chi connectivity index (χ2v) is 9.08. The van der Waals surface area contributed by atoms with Crippen molar-refractivity contribution in [3.63, 3.8) is 0 Å². The Bertz CT molecular complexity index is 1100. The first-order valence-corrected chi connectivity index (χ1v) is 11.0. The lowest BCUT2D eigenvalue weighted by Gasteiger charge is -2.26. The van der Waals surface area contributed by atoms with Crippen molar-refractivity contribution in [1.82, 2.24) is 19.5 Å². The van der Waals surface area contributed by atoms with Crippen molar-refractivity contribution in [2.24, 2.45) is 0 Å². The van der Waals surface area contributed by atoms with E-state index in [4.69, 9.17) is 0 Å². The molecular formula is C20H23N5O5S. The summed E-state index contributed by atoms with van der Waals surface area (Å²) in [5.74, 6) is -0.806. The average molecular weight is 446 g/mol. The van der Waals surface area contributed by atoms with Crippen molar-refractivity contribution in [2.45, 2.75) is 11.8 Å². The topological polar surface area (TPSA) is 129 Å². The number of aromatic nitrogens is 1. The molecule has 3 amide bonds. The summed E-state index contributed by atoms with van der Waals surface area (Å²) in [5, 5.41) is 5.20. The molecule has 0 saturated carbocycles. The minimum atomic E-state index is -3.84. The molecule has 0 atom stereocenters. The van der Waals surface area contributed by atoms with E-state index in [9.17, 15) is 22.8 Å². The molecule has 1 aromatic heterocycles. The van der Waals surface area contributed by atoms with E-state index >= 15 is 0 Å². The number of piperazine rings is 1. The van der Waals surface area contributed by atoms with E-state index in [1.54, 1.807) is 18.3 Å². The van der Waals surface area contributed by atoms with Gasteiger partial charge in [-0.15, -0.1) is 0 Å². The average Bonchev–Trinajstić information content (AvgIpc) is 2.73. The zero-order valence-electron chi connectivity index (χ0n) is 17.2. The Morgan fingerprint density at radius 3 is 2.58 bits per heavy atom. The lowest BCUT2D eigenvalue weighted by molar-refractivity contribution is -0.122. The molecule has 0 radical (unpaired) electrons. The van der Waals surface area contributed by atoms with Crippen LogP contribution in [-0.2, 0) is 19.6 Å². The van der Waals surface area contributed by atoms with Gasteiger partial charge in [0, 0.05) is 31.9 Å². The first-order chi connectivity index (χ1) is 14.7. The maximum Gasteiger partial charge on any atom is 0.254 e. The number of rotatable bonds is 6. The Morgan fingerprint density at radius 1 is 1.23 bits per heavy atom. The molecule has 0 unspecified atom stereocenters. The summed E-state index contributed by atoms with van der Waals surface area (Å²) in [6.07, 6.45) is 1.58. The third-order valence-corrected chi connectivity index (χ3v) is 6.51. The minimum absolute atomic E-state index is 0.00957. The molecule has 11 heteroatoms. The third-order valence-electron chi connectivity index (χ3n) is 4.65. The fourth-order valence-electron chi connectivity index (χ4n) is 3.03. The number of nitrogens with zero attached hydrogens (tertiary/aromatic N) is 3. The molecule has 1 aliphatic heterocycles. The van der Waals surface area contributed by atoms with Crippen LogP contribution in [0.25, 0.3) is 0 Å². The fourth-order valence-corrected chi connectivity index (χ4v) is 4.43. The van der Waals surface area contributed by atoms with E-state index in [1.165, 1.54) is 36.2 Å². The summed E-state index contributed by atoms with van der Waals surface area (Å²) < 4.78 is 26.5. The van der Waals surface area contributed by atoms with Gasteiger partial charge in [-0.2, -0.15) is 4.31 Å². The van der Waals surface area contributed by atoms with Crippen LogP contribution in [0.15, 0.2) is 47.5 Å². The maximum atomic E-state index is 12.7. The number of carbonyl (C=O) groups is 3. The number of aryl methyl sites for hydroxylation is 1. The van der Waals surface area contributed by atoms with Crippen LogP contribution >= 0.6 is 0 Å². The number of benzene rings is 1.